The van der Waals surface area contributed by atoms with E-state index in [-0.39, 0.29) is 12.7 Å². The minimum Gasteiger partial charge on any atom is -0.468 e. The first kappa shape index (κ1) is 13.7. The topological polar surface area (TPSA) is 60.4 Å². The molecule has 0 atom stereocenters. The summed E-state index contributed by atoms with van der Waals surface area (Å²) in [5, 5.41) is 0. The zero-order chi connectivity index (χ0) is 14.7. The summed E-state index contributed by atoms with van der Waals surface area (Å²) in [5.41, 5.74) is 0.464. The van der Waals surface area contributed by atoms with Crippen molar-refractivity contribution in [3.63, 3.8) is 0 Å². The Bertz CT molecular complexity index is 565. The van der Waals surface area contributed by atoms with Crippen molar-refractivity contribution < 1.29 is 19.0 Å². The van der Waals surface area contributed by atoms with E-state index in [4.69, 9.17) is 14.2 Å². The highest BCUT2D eigenvalue weighted by atomic mass is 16.7. The van der Waals surface area contributed by atoms with Crippen LogP contribution in [0.15, 0.2) is 23.2 Å². The molecule has 21 heavy (non-hydrogen) atoms. The van der Waals surface area contributed by atoms with Gasteiger partial charge in [0.1, 0.15) is 0 Å². The molecule has 0 aliphatic carbocycles. The van der Waals surface area contributed by atoms with Gasteiger partial charge in [0.25, 0.3) is 11.9 Å². The highest BCUT2D eigenvalue weighted by molar-refractivity contribution is 6.01. The van der Waals surface area contributed by atoms with Gasteiger partial charge in [-0.3, -0.25) is 4.79 Å². The van der Waals surface area contributed by atoms with Crippen molar-refractivity contribution in [2.45, 2.75) is 19.3 Å². The van der Waals surface area contributed by atoms with Crippen LogP contribution >= 0.6 is 0 Å². The van der Waals surface area contributed by atoms with Crippen LogP contribution < -0.4 is 9.47 Å². The molecule has 1 aromatic carbocycles. The van der Waals surface area contributed by atoms with E-state index >= 15 is 0 Å². The van der Waals surface area contributed by atoms with E-state index in [1.807, 2.05) is 4.90 Å². The fraction of sp³-hybridized carbons (Fsp3) is 0.467. The van der Waals surface area contributed by atoms with Gasteiger partial charge in [-0.2, -0.15) is 4.99 Å². The Hall–Kier alpha value is -2.24. The van der Waals surface area contributed by atoms with Crippen LogP contribution in [-0.4, -0.2) is 43.8 Å². The molecule has 0 N–H and O–H groups in total. The predicted octanol–water partition coefficient (Wildman–Crippen LogP) is 2.04. The van der Waals surface area contributed by atoms with Crippen LogP contribution in [0.4, 0.5) is 0 Å². The number of carbonyl (C=O) groups is 1. The number of carbonyl (C=O) groups excluding carboxylic acids is 1. The van der Waals surface area contributed by atoms with Gasteiger partial charge >= 0.3 is 0 Å². The molecule has 1 amide bonds. The second-order valence-electron chi connectivity index (χ2n) is 5.02. The van der Waals surface area contributed by atoms with E-state index < -0.39 is 0 Å². The molecule has 0 bridgehead atoms. The Kier molecular flexibility index (Phi) is 3.94. The number of nitrogens with zero attached hydrogens (tertiary/aromatic N) is 2. The SMILES string of the molecule is COC(=NC(=O)c1ccc2c(c1)OCO2)N1CCCCC1. The van der Waals surface area contributed by atoms with Crippen molar-refractivity contribution >= 4 is 11.9 Å². The van der Waals surface area contributed by atoms with Gasteiger partial charge in [-0.05, 0) is 37.5 Å². The molecule has 2 aliphatic rings. The number of methoxy groups -OCH3 is 1. The zero-order valence-corrected chi connectivity index (χ0v) is 12.0. The van der Waals surface area contributed by atoms with Crippen LogP contribution in [0.1, 0.15) is 29.6 Å². The number of aliphatic imine (C=N–C) groups is 1. The fourth-order valence-electron chi connectivity index (χ4n) is 2.51. The quantitative estimate of drug-likeness (QED) is 0.585. The number of amidine groups is 1. The largest absolute Gasteiger partial charge is 0.468 e. The molecule has 1 fully saturated rings. The first-order chi connectivity index (χ1) is 10.3. The highest BCUT2D eigenvalue weighted by Crippen LogP contribution is 2.32. The molecule has 1 aromatic rings. The van der Waals surface area contributed by atoms with Gasteiger partial charge in [0.2, 0.25) is 6.79 Å². The minimum absolute atomic E-state index is 0.188. The third-order valence-electron chi connectivity index (χ3n) is 3.63. The zero-order valence-electron chi connectivity index (χ0n) is 12.0. The normalized spacial score (nSPS) is 17.8. The lowest BCUT2D eigenvalue weighted by molar-refractivity contribution is 0.0994. The summed E-state index contributed by atoms with van der Waals surface area (Å²) in [7, 11) is 1.54. The summed E-state index contributed by atoms with van der Waals surface area (Å²) in [6.07, 6.45) is 3.41. The van der Waals surface area contributed by atoms with Crippen LogP contribution in [0, 0.1) is 0 Å². The van der Waals surface area contributed by atoms with E-state index in [1.54, 1.807) is 25.3 Å². The monoisotopic (exact) mass is 290 g/mol. The van der Waals surface area contributed by atoms with Crippen LogP contribution in [0.5, 0.6) is 11.5 Å². The third kappa shape index (κ3) is 2.94. The number of rotatable bonds is 1. The molecule has 2 aliphatic heterocycles. The molecule has 6 heteroatoms. The van der Waals surface area contributed by atoms with E-state index in [1.165, 1.54) is 6.42 Å². The maximum Gasteiger partial charge on any atom is 0.295 e. The first-order valence-electron chi connectivity index (χ1n) is 7.09. The van der Waals surface area contributed by atoms with Gasteiger partial charge in [0.05, 0.1) is 7.11 Å². The molecular formula is C15H18N2O4. The van der Waals surface area contributed by atoms with Crippen LogP contribution in [0.25, 0.3) is 0 Å². The van der Waals surface area contributed by atoms with Crippen LogP contribution in [-0.2, 0) is 4.74 Å². The lowest BCUT2D eigenvalue weighted by Crippen LogP contribution is -2.37. The molecule has 1 saturated heterocycles. The first-order valence-corrected chi connectivity index (χ1v) is 7.09. The molecule has 6 nitrogen and oxygen atoms in total. The van der Waals surface area contributed by atoms with Crippen molar-refractivity contribution in [2.75, 3.05) is 27.0 Å². The van der Waals surface area contributed by atoms with Gasteiger partial charge in [0, 0.05) is 18.7 Å². The fourth-order valence-corrected chi connectivity index (χ4v) is 2.51. The predicted molar refractivity (Wildman–Crippen MR) is 76.8 cm³/mol. The molecule has 0 spiro atoms. The summed E-state index contributed by atoms with van der Waals surface area (Å²) in [5.74, 6) is 0.891. The molecular weight excluding hydrogens is 272 g/mol. The van der Waals surface area contributed by atoms with Crippen molar-refractivity contribution in [1.29, 1.82) is 0 Å². The molecule has 0 unspecified atom stereocenters. The van der Waals surface area contributed by atoms with E-state index in [0.29, 0.717) is 23.1 Å². The van der Waals surface area contributed by atoms with Crippen LogP contribution in [0.2, 0.25) is 0 Å². The lowest BCUT2D eigenvalue weighted by atomic mass is 10.1. The smallest absolute Gasteiger partial charge is 0.295 e. The Labute approximate surface area is 123 Å². The van der Waals surface area contributed by atoms with Crippen molar-refractivity contribution in [3.8, 4) is 11.5 Å². The second-order valence-corrected chi connectivity index (χ2v) is 5.02. The van der Waals surface area contributed by atoms with Gasteiger partial charge < -0.3 is 19.1 Å². The number of ether oxygens (including phenoxy) is 3. The lowest BCUT2D eigenvalue weighted by Gasteiger charge is -2.27. The van der Waals surface area contributed by atoms with Gasteiger partial charge in [-0.25, -0.2) is 0 Å². The number of amides is 1. The summed E-state index contributed by atoms with van der Waals surface area (Å²) < 4.78 is 15.8. The third-order valence-corrected chi connectivity index (χ3v) is 3.63. The molecule has 0 aromatic heterocycles. The highest BCUT2D eigenvalue weighted by Gasteiger charge is 2.19. The van der Waals surface area contributed by atoms with Gasteiger partial charge in [-0.15, -0.1) is 0 Å². The van der Waals surface area contributed by atoms with E-state index in [9.17, 15) is 4.79 Å². The van der Waals surface area contributed by atoms with Crippen molar-refractivity contribution in [1.82, 2.24) is 4.90 Å². The van der Waals surface area contributed by atoms with Gasteiger partial charge in [0.15, 0.2) is 11.5 Å². The number of likely N-dealkylation sites (tertiary alicyclic amines) is 1. The molecule has 112 valence electrons. The summed E-state index contributed by atoms with van der Waals surface area (Å²) in [6.45, 7) is 1.94. The Morgan fingerprint density at radius 2 is 1.95 bits per heavy atom. The molecule has 0 radical (unpaired) electrons. The number of fused-ring (bicyclic) bond motifs is 1. The Morgan fingerprint density at radius 3 is 2.71 bits per heavy atom. The van der Waals surface area contributed by atoms with Crippen molar-refractivity contribution in [2.24, 2.45) is 4.99 Å². The average molecular weight is 290 g/mol. The Balaban J connectivity index is 1.78. The molecule has 0 saturated carbocycles. The number of hydrogen-bond acceptors (Lipinski definition) is 4. The Morgan fingerprint density at radius 1 is 1.19 bits per heavy atom. The summed E-state index contributed by atoms with van der Waals surface area (Å²) in [4.78, 5) is 18.4. The van der Waals surface area contributed by atoms with Crippen molar-refractivity contribution in [3.05, 3.63) is 23.8 Å². The molecule has 2 heterocycles. The standard InChI is InChI=1S/C15H18N2O4/c1-19-15(17-7-3-2-4-8-17)16-14(18)11-5-6-12-13(9-11)21-10-20-12/h5-6,9H,2-4,7-8,10H2,1H3. The maximum atomic E-state index is 12.3. The van der Waals surface area contributed by atoms with Crippen LogP contribution in [0.3, 0.4) is 0 Å². The number of hydrogen-bond donors (Lipinski definition) is 0. The molecule has 3 rings (SSSR count). The summed E-state index contributed by atoms with van der Waals surface area (Å²) >= 11 is 0. The van der Waals surface area contributed by atoms with E-state index in [0.717, 1.165) is 25.9 Å². The van der Waals surface area contributed by atoms with E-state index in [2.05, 4.69) is 4.99 Å². The minimum atomic E-state index is -0.337. The number of benzene rings is 1. The van der Waals surface area contributed by atoms with Gasteiger partial charge in [-0.1, -0.05) is 0 Å². The second kappa shape index (κ2) is 6.03. The summed E-state index contributed by atoms with van der Waals surface area (Å²) in [6, 6.07) is 5.44. The average Bonchev–Trinajstić information content (AvgIpc) is 3.00. The maximum absolute atomic E-state index is 12.3. The number of piperidine rings is 1.